The quantitative estimate of drug-likeness (QED) is 0.717. The van der Waals surface area contributed by atoms with Gasteiger partial charge < -0.3 is 4.52 Å². The third-order valence-corrected chi connectivity index (χ3v) is 2.71. The molecule has 1 aromatic rings. The van der Waals surface area contributed by atoms with E-state index < -0.39 is 0 Å². The van der Waals surface area contributed by atoms with Crippen molar-refractivity contribution >= 4 is 0 Å². The fraction of sp³-hybridized carbons (Fsp3) is 0.800. The highest BCUT2D eigenvalue weighted by Gasteiger charge is 2.34. The van der Waals surface area contributed by atoms with Crippen molar-refractivity contribution in [1.82, 2.24) is 10.1 Å². The minimum Gasteiger partial charge on any atom is -0.339 e. The highest BCUT2D eigenvalue weighted by Crippen LogP contribution is 2.39. The third-order valence-electron chi connectivity index (χ3n) is 2.71. The first kappa shape index (κ1) is 8.73. The Morgan fingerprint density at radius 1 is 1.54 bits per heavy atom. The van der Waals surface area contributed by atoms with Crippen LogP contribution in [-0.4, -0.2) is 10.1 Å². The van der Waals surface area contributed by atoms with E-state index in [1.54, 1.807) is 0 Å². The molecule has 2 atom stereocenters. The molecule has 1 fully saturated rings. The molecule has 0 amide bonds. The smallest absolute Gasteiger partial charge is 0.226 e. The Morgan fingerprint density at radius 2 is 2.23 bits per heavy atom. The summed E-state index contributed by atoms with van der Waals surface area (Å²) in [5, 5.41) is 3.94. The lowest BCUT2D eigenvalue weighted by Gasteiger charge is -1.92. The second-order valence-corrected chi connectivity index (χ2v) is 4.38. The van der Waals surface area contributed by atoms with Crippen molar-refractivity contribution in [2.75, 3.05) is 0 Å². The average Bonchev–Trinajstić information content (AvgIpc) is 2.61. The van der Waals surface area contributed by atoms with Crippen LogP contribution in [0.2, 0.25) is 0 Å². The van der Waals surface area contributed by atoms with Crippen LogP contribution < -0.4 is 0 Å². The maximum absolute atomic E-state index is 5.16. The van der Waals surface area contributed by atoms with Crippen LogP contribution in [0.4, 0.5) is 0 Å². The van der Waals surface area contributed by atoms with Crippen LogP contribution in [-0.2, 0) is 6.42 Å². The summed E-state index contributed by atoms with van der Waals surface area (Å²) in [4.78, 5) is 4.35. The molecule has 0 spiro atoms. The van der Waals surface area contributed by atoms with Gasteiger partial charge >= 0.3 is 0 Å². The van der Waals surface area contributed by atoms with Crippen molar-refractivity contribution in [3.8, 4) is 0 Å². The molecule has 0 aliphatic heterocycles. The van der Waals surface area contributed by atoms with E-state index in [-0.39, 0.29) is 0 Å². The maximum Gasteiger partial charge on any atom is 0.226 e. The lowest BCUT2D eigenvalue weighted by molar-refractivity contribution is 0.364. The summed E-state index contributed by atoms with van der Waals surface area (Å²) < 4.78 is 5.16. The van der Waals surface area contributed by atoms with Gasteiger partial charge in [-0.3, -0.25) is 0 Å². The summed E-state index contributed by atoms with van der Waals surface area (Å²) in [6, 6.07) is 0. The highest BCUT2D eigenvalue weighted by molar-refractivity contribution is 4.96. The Kier molecular flexibility index (Phi) is 2.10. The van der Waals surface area contributed by atoms with E-state index in [9.17, 15) is 0 Å². The molecule has 1 aliphatic rings. The molecule has 3 nitrogen and oxygen atoms in total. The molecule has 3 heteroatoms. The number of aromatic nitrogens is 2. The summed E-state index contributed by atoms with van der Waals surface area (Å²) in [6.07, 6.45) is 2.29. The fourth-order valence-electron chi connectivity index (χ4n) is 1.49. The molecular weight excluding hydrogens is 164 g/mol. The minimum absolute atomic E-state index is 0.370. The molecule has 1 aliphatic carbocycles. The van der Waals surface area contributed by atoms with Gasteiger partial charge in [0.05, 0.1) is 0 Å². The van der Waals surface area contributed by atoms with Gasteiger partial charge in [-0.25, -0.2) is 0 Å². The predicted octanol–water partition coefficient (Wildman–Crippen LogP) is 2.39. The first-order valence-corrected chi connectivity index (χ1v) is 4.99. The van der Waals surface area contributed by atoms with Crippen LogP contribution in [0.25, 0.3) is 0 Å². The summed E-state index contributed by atoms with van der Waals surface area (Å²) in [5.74, 6) is 3.67. The van der Waals surface area contributed by atoms with E-state index in [0.29, 0.717) is 5.92 Å². The maximum atomic E-state index is 5.16. The summed E-state index contributed by atoms with van der Waals surface area (Å²) in [6.45, 7) is 6.42. The molecule has 0 N–H and O–H groups in total. The van der Waals surface area contributed by atoms with Crippen LogP contribution in [0.5, 0.6) is 0 Å². The van der Waals surface area contributed by atoms with E-state index in [0.717, 1.165) is 30.0 Å². The summed E-state index contributed by atoms with van der Waals surface area (Å²) >= 11 is 0. The lowest BCUT2D eigenvalue weighted by Crippen LogP contribution is -1.92. The number of nitrogens with zero attached hydrogens (tertiary/aromatic N) is 2. The van der Waals surface area contributed by atoms with Crippen molar-refractivity contribution < 1.29 is 4.52 Å². The predicted molar refractivity (Wildman–Crippen MR) is 49.4 cm³/mol. The van der Waals surface area contributed by atoms with Crippen molar-refractivity contribution in [2.45, 2.75) is 39.5 Å². The lowest BCUT2D eigenvalue weighted by atomic mass is 10.2. The van der Waals surface area contributed by atoms with Crippen molar-refractivity contribution in [3.05, 3.63) is 11.7 Å². The first-order valence-electron chi connectivity index (χ1n) is 4.99. The number of rotatable bonds is 3. The van der Waals surface area contributed by atoms with E-state index in [1.807, 2.05) is 0 Å². The second-order valence-electron chi connectivity index (χ2n) is 4.38. The van der Waals surface area contributed by atoms with Gasteiger partial charge in [-0.05, 0) is 18.3 Å². The van der Waals surface area contributed by atoms with E-state index in [2.05, 4.69) is 30.9 Å². The SMILES string of the molecule is CC(C)c1noc(CC2CC2C)n1. The van der Waals surface area contributed by atoms with Crippen LogP contribution >= 0.6 is 0 Å². The van der Waals surface area contributed by atoms with Gasteiger partial charge in [0.15, 0.2) is 5.82 Å². The Bertz CT molecular complexity index is 293. The average molecular weight is 180 g/mol. The van der Waals surface area contributed by atoms with E-state index in [1.165, 1.54) is 6.42 Å². The van der Waals surface area contributed by atoms with Crippen LogP contribution in [0.15, 0.2) is 4.52 Å². The first-order chi connectivity index (χ1) is 6.16. The molecule has 13 heavy (non-hydrogen) atoms. The molecule has 72 valence electrons. The molecule has 0 bridgehead atoms. The van der Waals surface area contributed by atoms with Gasteiger partial charge in [-0.1, -0.05) is 25.9 Å². The molecule has 2 rings (SSSR count). The standard InChI is InChI=1S/C10H16N2O/c1-6(2)10-11-9(13-12-10)5-8-4-7(8)3/h6-8H,4-5H2,1-3H3. The molecule has 0 aromatic carbocycles. The van der Waals surface area contributed by atoms with E-state index in [4.69, 9.17) is 4.52 Å². The van der Waals surface area contributed by atoms with Gasteiger partial charge in [0.2, 0.25) is 5.89 Å². The largest absolute Gasteiger partial charge is 0.339 e. The second kappa shape index (κ2) is 3.13. The van der Waals surface area contributed by atoms with Crippen molar-refractivity contribution in [2.24, 2.45) is 11.8 Å². The van der Waals surface area contributed by atoms with E-state index >= 15 is 0 Å². The highest BCUT2D eigenvalue weighted by atomic mass is 16.5. The van der Waals surface area contributed by atoms with Gasteiger partial charge in [0.25, 0.3) is 0 Å². The monoisotopic (exact) mass is 180 g/mol. The van der Waals surface area contributed by atoms with Gasteiger partial charge in [0, 0.05) is 12.3 Å². The normalized spacial score (nSPS) is 26.8. The number of hydrogen-bond acceptors (Lipinski definition) is 3. The third kappa shape index (κ3) is 1.90. The summed E-state index contributed by atoms with van der Waals surface area (Å²) in [5.41, 5.74) is 0. The fourth-order valence-corrected chi connectivity index (χ4v) is 1.49. The minimum atomic E-state index is 0.370. The molecule has 1 aromatic heterocycles. The van der Waals surface area contributed by atoms with Crippen LogP contribution in [0, 0.1) is 11.8 Å². The summed E-state index contributed by atoms with van der Waals surface area (Å²) in [7, 11) is 0. The van der Waals surface area contributed by atoms with Gasteiger partial charge in [-0.15, -0.1) is 0 Å². The molecule has 1 saturated carbocycles. The zero-order valence-electron chi connectivity index (χ0n) is 8.45. The van der Waals surface area contributed by atoms with Gasteiger partial charge in [0.1, 0.15) is 0 Å². The number of hydrogen-bond donors (Lipinski definition) is 0. The Labute approximate surface area is 78.5 Å². The topological polar surface area (TPSA) is 38.9 Å². The Balaban J connectivity index is 1.97. The van der Waals surface area contributed by atoms with Crippen LogP contribution in [0.3, 0.4) is 0 Å². The molecule has 0 saturated heterocycles. The Morgan fingerprint density at radius 3 is 2.69 bits per heavy atom. The van der Waals surface area contributed by atoms with Crippen LogP contribution in [0.1, 0.15) is 44.8 Å². The molecule has 2 unspecified atom stereocenters. The molecule has 0 radical (unpaired) electrons. The Hall–Kier alpha value is -0.860. The van der Waals surface area contributed by atoms with Crippen molar-refractivity contribution in [3.63, 3.8) is 0 Å². The van der Waals surface area contributed by atoms with Gasteiger partial charge in [-0.2, -0.15) is 4.98 Å². The molecule has 1 heterocycles. The van der Waals surface area contributed by atoms with Crippen molar-refractivity contribution in [1.29, 1.82) is 0 Å². The zero-order chi connectivity index (χ0) is 9.42. The zero-order valence-corrected chi connectivity index (χ0v) is 8.45. The molecular formula is C10H16N2O.